The van der Waals surface area contributed by atoms with Gasteiger partial charge < -0.3 is 5.11 Å². The molecule has 5 heteroatoms. The van der Waals surface area contributed by atoms with Crippen LogP contribution in [0.4, 0.5) is 0 Å². The van der Waals surface area contributed by atoms with Gasteiger partial charge in [-0.2, -0.15) is 0 Å². The first kappa shape index (κ1) is 12.5. The number of hydrogen-bond acceptors (Lipinski definition) is 3. The van der Waals surface area contributed by atoms with Crippen molar-refractivity contribution in [3.63, 3.8) is 0 Å². The molecule has 0 spiro atoms. The van der Waals surface area contributed by atoms with Crippen LogP contribution in [0, 0.1) is 5.41 Å². The van der Waals surface area contributed by atoms with Crippen LogP contribution in [0.2, 0.25) is 0 Å². The number of hydrogen-bond donors (Lipinski definition) is 2. The zero-order chi connectivity index (χ0) is 12.4. The maximum atomic E-state index is 11.8. The molecule has 0 radical (unpaired) electrons. The Balaban J connectivity index is 1.91. The van der Waals surface area contributed by atoms with Gasteiger partial charge in [-0.25, -0.2) is 13.1 Å². The third-order valence-corrected chi connectivity index (χ3v) is 4.46. The molecule has 2 N–H and O–H groups in total. The van der Waals surface area contributed by atoms with Crippen molar-refractivity contribution in [1.82, 2.24) is 4.72 Å². The Morgan fingerprint density at radius 1 is 1.24 bits per heavy atom. The molecule has 0 saturated heterocycles. The molecule has 0 heterocycles. The van der Waals surface area contributed by atoms with Crippen LogP contribution >= 0.6 is 0 Å². The van der Waals surface area contributed by atoms with Gasteiger partial charge in [0.25, 0.3) is 0 Å². The summed E-state index contributed by atoms with van der Waals surface area (Å²) >= 11 is 0. The molecule has 0 aromatic heterocycles. The normalized spacial score (nSPS) is 17.9. The van der Waals surface area contributed by atoms with E-state index in [2.05, 4.69) is 4.72 Å². The molecule has 0 aliphatic heterocycles. The molecule has 1 aliphatic rings. The highest BCUT2D eigenvalue weighted by atomic mass is 32.2. The van der Waals surface area contributed by atoms with Gasteiger partial charge in [0, 0.05) is 18.6 Å². The summed E-state index contributed by atoms with van der Waals surface area (Å²) in [6.45, 7) is 0.402. The smallest absolute Gasteiger partial charge is 0.215 e. The van der Waals surface area contributed by atoms with E-state index in [1.807, 2.05) is 18.2 Å². The van der Waals surface area contributed by atoms with E-state index < -0.39 is 10.0 Å². The number of nitrogens with one attached hydrogen (secondary N) is 1. The second-order valence-electron chi connectivity index (χ2n) is 4.72. The summed E-state index contributed by atoms with van der Waals surface area (Å²) in [5.74, 6) is -0.00461. The molecule has 0 amide bonds. The first-order valence-corrected chi connectivity index (χ1v) is 7.33. The second kappa shape index (κ2) is 4.76. The Labute approximate surface area is 102 Å². The highest BCUT2D eigenvalue weighted by molar-refractivity contribution is 7.88. The minimum atomic E-state index is -3.30. The average Bonchev–Trinajstić information content (AvgIpc) is 3.08. The van der Waals surface area contributed by atoms with Crippen molar-refractivity contribution in [3.05, 3.63) is 35.9 Å². The van der Waals surface area contributed by atoms with Gasteiger partial charge in [-0.1, -0.05) is 30.3 Å². The van der Waals surface area contributed by atoms with Crippen molar-refractivity contribution >= 4 is 10.0 Å². The van der Waals surface area contributed by atoms with Crippen LogP contribution in [-0.2, 0) is 15.8 Å². The first-order chi connectivity index (χ1) is 8.05. The molecular weight excluding hydrogens is 238 g/mol. The van der Waals surface area contributed by atoms with E-state index in [9.17, 15) is 8.42 Å². The van der Waals surface area contributed by atoms with E-state index in [-0.39, 0.29) is 17.8 Å². The van der Waals surface area contributed by atoms with Crippen molar-refractivity contribution in [2.75, 3.05) is 13.2 Å². The fraction of sp³-hybridized carbons (Fsp3) is 0.500. The minimum Gasteiger partial charge on any atom is -0.396 e. The van der Waals surface area contributed by atoms with E-state index in [0.717, 1.165) is 18.4 Å². The SMILES string of the molecule is O=S(=O)(Cc1ccccc1)NCC1(CO)CC1. The summed E-state index contributed by atoms with van der Waals surface area (Å²) in [6.07, 6.45) is 1.80. The van der Waals surface area contributed by atoms with E-state index in [1.54, 1.807) is 12.1 Å². The van der Waals surface area contributed by atoms with Gasteiger partial charge in [-0.3, -0.25) is 0 Å². The summed E-state index contributed by atoms with van der Waals surface area (Å²) in [5, 5.41) is 9.11. The third-order valence-electron chi connectivity index (χ3n) is 3.16. The van der Waals surface area contributed by atoms with Crippen LogP contribution in [0.3, 0.4) is 0 Å². The van der Waals surface area contributed by atoms with Gasteiger partial charge in [0.1, 0.15) is 0 Å². The van der Waals surface area contributed by atoms with E-state index >= 15 is 0 Å². The van der Waals surface area contributed by atoms with Crippen LogP contribution in [-0.4, -0.2) is 26.7 Å². The van der Waals surface area contributed by atoms with E-state index in [4.69, 9.17) is 5.11 Å². The Hall–Kier alpha value is -0.910. The Bertz CT molecular complexity index is 466. The molecule has 2 rings (SSSR count). The lowest BCUT2D eigenvalue weighted by atomic mass is 10.1. The van der Waals surface area contributed by atoms with Gasteiger partial charge in [-0.15, -0.1) is 0 Å². The zero-order valence-corrected chi connectivity index (χ0v) is 10.4. The molecule has 17 heavy (non-hydrogen) atoms. The van der Waals surface area contributed by atoms with Crippen molar-refractivity contribution in [1.29, 1.82) is 0 Å². The fourth-order valence-electron chi connectivity index (χ4n) is 1.68. The predicted octanol–water partition coefficient (Wildman–Crippen LogP) is 0.878. The summed E-state index contributed by atoms with van der Waals surface area (Å²) in [4.78, 5) is 0. The quantitative estimate of drug-likeness (QED) is 0.793. The standard InChI is InChI=1S/C12H17NO3S/c14-10-12(6-7-12)9-13-17(15,16)8-11-4-2-1-3-5-11/h1-5,13-14H,6-10H2. The summed E-state index contributed by atoms with van der Waals surface area (Å²) in [7, 11) is -3.30. The number of benzene rings is 1. The van der Waals surface area contributed by atoms with Gasteiger partial charge in [0.15, 0.2) is 0 Å². The lowest BCUT2D eigenvalue weighted by molar-refractivity contribution is 0.213. The van der Waals surface area contributed by atoms with E-state index in [1.165, 1.54) is 0 Å². The topological polar surface area (TPSA) is 66.4 Å². The number of sulfonamides is 1. The van der Waals surface area contributed by atoms with Gasteiger partial charge >= 0.3 is 0 Å². The Kier molecular flexibility index (Phi) is 3.51. The molecule has 94 valence electrons. The van der Waals surface area contributed by atoms with Crippen molar-refractivity contribution in [3.8, 4) is 0 Å². The molecule has 1 aliphatic carbocycles. The van der Waals surface area contributed by atoms with Crippen molar-refractivity contribution in [2.45, 2.75) is 18.6 Å². The second-order valence-corrected chi connectivity index (χ2v) is 6.53. The predicted molar refractivity (Wildman–Crippen MR) is 65.8 cm³/mol. The molecule has 4 nitrogen and oxygen atoms in total. The minimum absolute atomic E-state index is 0.00461. The van der Waals surface area contributed by atoms with Gasteiger partial charge in [0.05, 0.1) is 5.75 Å². The van der Waals surface area contributed by atoms with Gasteiger partial charge in [0.2, 0.25) is 10.0 Å². The largest absolute Gasteiger partial charge is 0.396 e. The average molecular weight is 255 g/mol. The maximum absolute atomic E-state index is 11.8. The summed E-state index contributed by atoms with van der Waals surface area (Å²) in [6, 6.07) is 9.08. The molecule has 0 bridgehead atoms. The Morgan fingerprint density at radius 3 is 2.41 bits per heavy atom. The zero-order valence-electron chi connectivity index (χ0n) is 9.59. The highest BCUT2D eigenvalue weighted by Crippen LogP contribution is 2.44. The van der Waals surface area contributed by atoms with Crippen LogP contribution in [0.5, 0.6) is 0 Å². The maximum Gasteiger partial charge on any atom is 0.215 e. The van der Waals surface area contributed by atoms with E-state index in [0.29, 0.717) is 6.54 Å². The molecule has 0 atom stereocenters. The third kappa shape index (κ3) is 3.52. The highest BCUT2D eigenvalue weighted by Gasteiger charge is 2.42. The van der Waals surface area contributed by atoms with Gasteiger partial charge in [-0.05, 0) is 18.4 Å². The molecule has 1 aromatic carbocycles. The number of aliphatic hydroxyl groups excluding tert-OH is 1. The summed E-state index contributed by atoms with van der Waals surface area (Å²) in [5.41, 5.74) is 0.581. The molecule has 1 saturated carbocycles. The fourth-order valence-corrected chi connectivity index (χ4v) is 2.93. The molecule has 1 fully saturated rings. The Morgan fingerprint density at radius 2 is 1.88 bits per heavy atom. The van der Waals surface area contributed by atoms with Crippen LogP contribution in [0.25, 0.3) is 0 Å². The number of rotatable bonds is 6. The monoisotopic (exact) mass is 255 g/mol. The molecule has 0 unspecified atom stereocenters. The molecule has 1 aromatic rings. The van der Waals surface area contributed by atoms with Crippen LogP contribution in [0.1, 0.15) is 18.4 Å². The summed E-state index contributed by atoms with van der Waals surface area (Å²) < 4.78 is 26.2. The van der Waals surface area contributed by atoms with Crippen molar-refractivity contribution < 1.29 is 13.5 Å². The van der Waals surface area contributed by atoms with Crippen LogP contribution in [0.15, 0.2) is 30.3 Å². The van der Waals surface area contributed by atoms with Crippen molar-refractivity contribution in [2.24, 2.45) is 5.41 Å². The number of aliphatic hydroxyl groups is 1. The first-order valence-electron chi connectivity index (χ1n) is 5.67. The lowest BCUT2D eigenvalue weighted by Gasteiger charge is -2.13. The van der Waals surface area contributed by atoms with Crippen LogP contribution < -0.4 is 4.72 Å². The lowest BCUT2D eigenvalue weighted by Crippen LogP contribution is -2.32. The molecular formula is C12H17NO3S.